The highest BCUT2D eigenvalue weighted by atomic mass is 16.6. The van der Waals surface area contributed by atoms with E-state index in [-0.39, 0.29) is 23.2 Å². The predicted molar refractivity (Wildman–Crippen MR) is 79.1 cm³/mol. The summed E-state index contributed by atoms with van der Waals surface area (Å²) in [5, 5.41) is 13.9. The number of hydrogen-bond acceptors (Lipinski definition) is 4. The Kier molecular flexibility index (Phi) is 5.49. The minimum atomic E-state index is -0.523. The number of benzene rings is 1. The highest BCUT2D eigenvalue weighted by Gasteiger charge is 2.25. The lowest BCUT2D eigenvalue weighted by atomic mass is 10.1. The Labute approximate surface area is 118 Å². The van der Waals surface area contributed by atoms with Gasteiger partial charge in [0.15, 0.2) is 0 Å². The maximum Gasteiger partial charge on any atom is 0.282 e. The molecule has 0 aliphatic rings. The topological polar surface area (TPSA) is 75.5 Å². The third kappa shape index (κ3) is 3.46. The van der Waals surface area contributed by atoms with Gasteiger partial charge in [-0.1, -0.05) is 13.3 Å². The average Bonchev–Trinajstić information content (AvgIpc) is 2.45. The molecule has 1 aromatic rings. The Morgan fingerprint density at radius 1 is 1.50 bits per heavy atom. The molecule has 0 bridgehead atoms. The van der Waals surface area contributed by atoms with Gasteiger partial charge in [-0.2, -0.15) is 0 Å². The molecule has 0 fully saturated rings. The highest BCUT2D eigenvalue weighted by molar-refractivity contribution is 5.99. The second kappa shape index (κ2) is 6.88. The van der Waals surface area contributed by atoms with Crippen molar-refractivity contribution in [2.75, 3.05) is 19.4 Å². The molecule has 0 saturated carbocycles. The van der Waals surface area contributed by atoms with Crippen LogP contribution >= 0.6 is 0 Å². The first kappa shape index (κ1) is 15.9. The number of nitrogens with one attached hydrogen (secondary N) is 1. The molecule has 1 unspecified atom stereocenters. The molecule has 1 atom stereocenters. The molecule has 110 valence electrons. The van der Waals surface area contributed by atoms with Gasteiger partial charge in [-0.15, -0.1) is 0 Å². The van der Waals surface area contributed by atoms with E-state index in [4.69, 9.17) is 0 Å². The number of rotatable bonds is 6. The van der Waals surface area contributed by atoms with Crippen LogP contribution in [0.4, 0.5) is 11.4 Å². The molecule has 1 N–H and O–H groups in total. The van der Waals surface area contributed by atoms with Crippen LogP contribution in [0, 0.1) is 10.1 Å². The van der Waals surface area contributed by atoms with Gasteiger partial charge in [0.05, 0.1) is 4.92 Å². The number of anilines is 1. The van der Waals surface area contributed by atoms with Crippen molar-refractivity contribution in [3.05, 3.63) is 33.9 Å². The number of hydrogen-bond donors (Lipinski definition) is 1. The van der Waals surface area contributed by atoms with E-state index < -0.39 is 4.92 Å². The van der Waals surface area contributed by atoms with Crippen molar-refractivity contribution in [2.24, 2.45) is 0 Å². The first-order valence-electron chi connectivity index (χ1n) is 6.65. The second-order valence-electron chi connectivity index (χ2n) is 4.79. The summed E-state index contributed by atoms with van der Waals surface area (Å²) in [6, 6.07) is 4.52. The van der Waals surface area contributed by atoms with E-state index in [9.17, 15) is 14.9 Å². The van der Waals surface area contributed by atoms with E-state index in [2.05, 4.69) is 5.32 Å². The second-order valence-corrected chi connectivity index (χ2v) is 4.79. The molecule has 20 heavy (non-hydrogen) atoms. The number of carbonyl (C=O) groups is 1. The molecular weight excluding hydrogens is 258 g/mol. The minimum Gasteiger partial charge on any atom is -0.388 e. The van der Waals surface area contributed by atoms with Gasteiger partial charge < -0.3 is 10.2 Å². The molecule has 0 aromatic heterocycles. The average molecular weight is 279 g/mol. The summed E-state index contributed by atoms with van der Waals surface area (Å²) >= 11 is 0. The van der Waals surface area contributed by atoms with Gasteiger partial charge in [-0.05, 0) is 25.5 Å². The molecule has 0 aliphatic heterocycles. The van der Waals surface area contributed by atoms with Crippen LogP contribution in [-0.4, -0.2) is 35.9 Å². The maximum absolute atomic E-state index is 12.4. The number of amides is 1. The Morgan fingerprint density at radius 3 is 2.65 bits per heavy atom. The lowest BCUT2D eigenvalue weighted by Crippen LogP contribution is -2.35. The zero-order chi connectivity index (χ0) is 15.3. The van der Waals surface area contributed by atoms with Gasteiger partial charge >= 0.3 is 0 Å². The quantitative estimate of drug-likeness (QED) is 0.641. The normalized spacial score (nSPS) is 11.8. The van der Waals surface area contributed by atoms with Crippen LogP contribution in [-0.2, 0) is 0 Å². The summed E-state index contributed by atoms with van der Waals surface area (Å²) < 4.78 is 0. The van der Waals surface area contributed by atoms with E-state index in [1.54, 1.807) is 25.1 Å². The Balaban J connectivity index is 3.15. The van der Waals surface area contributed by atoms with Crippen LogP contribution in [0.25, 0.3) is 0 Å². The van der Waals surface area contributed by atoms with Crippen LogP contribution in [0.3, 0.4) is 0 Å². The van der Waals surface area contributed by atoms with Gasteiger partial charge in [0.1, 0.15) is 5.56 Å². The SMILES string of the molecule is CCCC(C)N(C)C(=O)c1cc(NC)ccc1[N+](=O)[O-]. The fraction of sp³-hybridized carbons (Fsp3) is 0.500. The summed E-state index contributed by atoms with van der Waals surface area (Å²) in [5.41, 5.74) is 0.632. The van der Waals surface area contributed by atoms with Gasteiger partial charge in [0, 0.05) is 31.9 Å². The van der Waals surface area contributed by atoms with Crippen molar-refractivity contribution in [1.29, 1.82) is 0 Å². The van der Waals surface area contributed by atoms with Gasteiger partial charge in [0.2, 0.25) is 0 Å². The van der Waals surface area contributed by atoms with Gasteiger partial charge in [-0.25, -0.2) is 0 Å². The van der Waals surface area contributed by atoms with E-state index >= 15 is 0 Å². The summed E-state index contributed by atoms with van der Waals surface area (Å²) in [4.78, 5) is 24.5. The van der Waals surface area contributed by atoms with E-state index in [0.29, 0.717) is 5.69 Å². The van der Waals surface area contributed by atoms with E-state index in [1.807, 2.05) is 13.8 Å². The van der Waals surface area contributed by atoms with Crippen LogP contribution in [0.2, 0.25) is 0 Å². The summed E-state index contributed by atoms with van der Waals surface area (Å²) in [5.74, 6) is -0.324. The predicted octanol–water partition coefficient (Wildman–Crippen LogP) is 2.90. The van der Waals surface area contributed by atoms with Crippen LogP contribution in [0.15, 0.2) is 18.2 Å². The summed E-state index contributed by atoms with van der Waals surface area (Å²) in [6.45, 7) is 3.98. The third-order valence-electron chi connectivity index (χ3n) is 3.40. The summed E-state index contributed by atoms with van der Waals surface area (Å²) in [6.07, 6.45) is 1.82. The zero-order valence-electron chi connectivity index (χ0n) is 12.3. The molecule has 6 heteroatoms. The molecule has 1 aromatic carbocycles. The maximum atomic E-state index is 12.4. The fourth-order valence-corrected chi connectivity index (χ4v) is 2.02. The van der Waals surface area contributed by atoms with Crippen molar-refractivity contribution >= 4 is 17.3 Å². The van der Waals surface area contributed by atoms with Crippen LogP contribution < -0.4 is 5.32 Å². The minimum absolute atomic E-state index is 0.0466. The van der Waals surface area contributed by atoms with Crippen molar-refractivity contribution in [3.8, 4) is 0 Å². The van der Waals surface area contributed by atoms with Crippen molar-refractivity contribution in [3.63, 3.8) is 0 Å². The lowest BCUT2D eigenvalue weighted by Gasteiger charge is -2.24. The number of carbonyl (C=O) groups excluding carboxylic acids is 1. The molecule has 1 rings (SSSR count). The van der Waals surface area contributed by atoms with Crippen molar-refractivity contribution in [2.45, 2.75) is 32.7 Å². The van der Waals surface area contributed by atoms with Crippen LogP contribution in [0.5, 0.6) is 0 Å². The third-order valence-corrected chi connectivity index (χ3v) is 3.40. The number of nitro benzene ring substituents is 1. The molecule has 0 spiro atoms. The smallest absolute Gasteiger partial charge is 0.282 e. The standard InChI is InChI=1S/C14H21N3O3/c1-5-6-10(2)16(4)14(18)12-9-11(15-3)7-8-13(12)17(19)20/h7-10,15H,5-6H2,1-4H3. The van der Waals surface area contributed by atoms with Gasteiger partial charge in [-0.3, -0.25) is 14.9 Å². The summed E-state index contributed by atoms with van der Waals surface area (Å²) in [7, 11) is 3.39. The number of nitrogens with zero attached hydrogens (tertiary/aromatic N) is 2. The highest BCUT2D eigenvalue weighted by Crippen LogP contribution is 2.24. The van der Waals surface area contributed by atoms with E-state index in [1.165, 1.54) is 12.1 Å². The molecular formula is C14H21N3O3. The molecule has 0 aliphatic carbocycles. The first-order valence-corrected chi connectivity index (χ1v) is 6.65. The number of nitro groups is 1. The monoisotopic (exact) mass is 279 g/mol. The molecule has 0 radical (unpaired) electrons. The Hall–Kier alpha value is -2.11. The molecule has 6 nitrogen and oxygen atoms in total. The Bertz CT molecular complexity index is 502. The molecule has 1 amide bonds. The first-order chi connectivity index (χ1) is 9.42. The van der Waals surface area contributed by atoms with Crippen LogP contribution in [0.1, 0.15) is 37.0 Å². The molecule has 0 heterocycles. The van der Waals surface area contributed by atoms with E-state index in [0.717, 1.165) is 12.8 Å². The van der Waals surface area contributed by atoms with Crippen molar-refractivity contribution < 1.29 is 9.72 Å². The van der Waals surface area contributed by atoms with Crippen molar-refractivity contribution in [1.82, 2.24) is 4.90 Å². The Morgan fingerprint density at radius 2 is 2.15 bits per heavy atom. The zero-order valence-corrected chi connectivity index (χ0v) is 12.3. The largest absolute Gasteiger partial charge is 0.388 e. The van der Waals surface area contributed by atoms with Gasteiger partial charge in [0.25, 0.3) is 11.6 Å². The molecule has 0 saturated heterocycles. The fourth-order valence-electron chi connectivity index (χ4n) is 2.02. The lowest BCUT2D eigenvalue weighted by molar-refractivity contribution is -0.385.